The summed E-state index contributed by atoms with van der Waals surface area (Å²) in [6.45, 7) is 0.684. The lowest BCUT2D eigenvalue weighted by molar-refractivity contribution is 0.00884. The quantitative estimate of drug-likeness (QED) is 0.691. The van der Waals surface area contributed by atoms with Crippen LogP contribution >= 0.6 is 11.3 Å². The molecule has 24 heavy (non-hydrogen) atoms. The molecule has 1 aliphatic carbocycles. The molecule has 3 nitrogen and oxygen atoms in total. The smallest absolute Gasteiger partial charge is 0.184 e. The lowest BCUT2D eigenvalue weighted by Crippen LogP contribution is -2.38. The van der Waals surface area contributed by atoms with Gasteiger partial charge < -0.3 is 10.1 Å². The van der Waals surface area contributed by atoms with E-state index >= 15 is 0 Å². The number of hydrogen-bond donors (Lipinski definition) is 1. The van der Waals surface area contributed by atoms with Gasteiger partial charge in [0.1, 0.15) is 0 Å². The maximum Gasteiger partial charge on any atom is 0.184 e. The van der Waals surface area contributed by atoms with Gasteiger partial charge in [0.25, 0.3) is 0 Å². The zero-order valence-electron chi connectivity index (χ0n) is 13.7. The molecule has 2 aromatic carbocycles. The molecule has 1 fully saturated rings. The Balaban J connectivity index is 1.43. The zero-order valence-corrected chi connectivity index (χ0v) is 14.5. The normalized spacial score (nSPS) is 21.0. The van der Waals surface area contributed by atoms with Gasteiger partial charge in [0, 0.05) is 0 Å². The number of fused-ring (bicyclic) bond motifs is 1. The summed E-state index contributed by atoms with van der Waals surface area (Å²) in [7, 11) is 0. The molecular formula is C20H22N2OS. The molecule has 0 bridgehead atoms. The van der Waals surface area contributed by atoms with E-state index in [2.05, 4.69) is 47.8 Å². The second kappa shape index (κ2) is 7.32. The van der Waals surface area contributed by atoms with Crippen LogP contribution in [0.3, 0.4) is 0 Å². The van der Waals surface area contributed by atoms with Crippen LogP contribution in [0.15, 0.2) is 54.6 Å². The van der Waals surface area contributed by atoms with Crippen molar-refractivity contribution in [2.45, 2.75) is 44.4 Å². The summed E-state index contributed by atoms with van der Waals surface area (Å²) in [6, 6.07) is 19.1. The molecule has 1 aliphatic rings. The van der Waals surface area contributed by atoms with E-state index in [1.807, 2.05) is 12.1 Å². The van der Waals surface area contributed by atoms with E-state index in [1.54, 1.807) is 11.3 Å². The van der Waals surface area contributed by atoms with Crippen LogP contribution in [0.5, 0.6) is 0 Å². The van der Waals surface area contributed by atoms with Crippen LogP contribution in [0.25, 0.3) is 10.2 Å². The van der Waals surface area contributed by atoms with Gasteiger partial charge in [0.05, 0.1) is 29.0 Å². The first-order chi connectivity index (χ1) is 11.9. The Morgan fingerprint density at radius 1 is 1.00 bits per heavy atom. The van der Waals surface area contributed by atoms with E-state index in [0.717, 1.165) is 23.5 Å². The van der Waals surface area contributed by atoms with Gasteiger partial charge in [-0.15, -0.1) is 0 Å². The third-order valence-corrected chi connectivity index (χ3v) is 5.58. The minimum atomic E-state index is 0.256. The molecule has 0 saturated heterocycles. The third kappa shape index (κ3) is 3.60. The van der Waals surface area contributed by atoms with E-state index in [0.29, 0.717) is 12.6 Å². The lowest BCUT2D eigenvalue weighted by atomic mass is 9.92. The van der Waals surface area contributed by atoms with Crippen LogP contribution in [0.2, 0.25) is 0 Å². The van der Waals surface area contributed by atoms with Crippen LogP contribution in [0, 0.1) is 0 Å². The highest BCUT2D eigenvalue weighted by Gasteiger charge is 2.26. The summed E-state index contributed by atoms with van der Waals surface area (Å²) >= 11 is 1.73. The number of aromatic nitrogens is 1. The van der Waals surface area contributed by atoms with Crippen molar-refractivity contribution < 1.29 is 4.74 Å². The molecule has 0 radical (unpaired) electrons. The summed E-state index contributed by atoms with van der Waals surface area (Å²) in [5.41, 5.74) is 2.31. The molecule has 0 aliphatic heterocycles. The van der Waals surface area contributed by atoms with E-state index < -0.39 is 0 Å². The predicted molar refractivity (Wildman–Crippen MR) is 101 cm³/mol. The first-order valence-corrected chi connectivity index (χ1v) is 9.48. The summed E-state index contributed by atoms with van der Waals surface area (Å²) in [4.78, 5) is 4.71. The Morgan fingerprint density at radius 2 is 1.79 bits per heavy atom. The fourth-order valence-electron chi connectivity index (χ4n) is 3.33. The Morgan fingerprint density at radius 3 is 2.67 bits per heavy atom. The van der Waals surface area contributed by atoms with Crippen LogP contribution in [0.4, 0.5) is 5.13 Å². The number of nitrogens with one attached hydrogen (secondary N) is 1. The second-order valence-electron chi connectivity index (χ2n) is 6.36. The van der Waals surface area contributed by atoms with Crippen LogP contribution in [0.1, 0.15) is 31.2 Å². The zero-order chi connectivity index (χ0) is 16.2. The third-order valence-electron chi connectivity index (χ3n) is 4.61. The Hall–Kier alpha value is -1.91. The maximum absolute atomic E-state index is 6.24. The van der Waals surface area contributed by atoms with E-state index in [4.69, 9.17) is 9.72 Å². The monoisotopic (exact) mass is 338 g/mol. The molecule has 4 rings (SSSR count). The van der Waals surface area contributed by atoms with Crippen LogP contribution in [-0.4, -0.2) is 17.1 Å². The van der Waals surface area contributed by atoms with Crippen molar-refractivity contribution >= 4 is 26.7 Å². The van der Waals surface area contributed by atoms with Crippen molar-refractivity contribution in [1.82, 2.24) is 4.98 Å². The molecule has 1 aromatic heterocycles. The van der Waals surface area contributed by atoms with Crippen molar-refractivity contribution in [1.29, 1.82) is 0 Å². The highest BCUT2D eigenvalue weighted by Crippen LogP contribution is 2.30. The van der Waals surface area contributed by atoms with Gasteiger partial charge in [-0.25, -0.2) is 4.98 Å². The van der Waals surface area contributed by atoms with Crippen molar-refractivity contribution in [3.05, 3.63) is 60.2 Å². The number of thiazole rings is 1. The molecule has 0 amide bonds. The van der Waals surface area contributed by atoms with Crippen LogP contribution in [-0.2, 0) is 11.3 Å². The van der Waals surface area contributed by atoms with Crippen molar-refractivity contribution in [3.8, 4) is 0 Å². The first-order valence-electron chi connectivity index (χ1n) is 8.66. The van der Waals surface area contributed by atoms with Crippen molar-refractivity contribution in [2.75, 3.05) is 5.32 Å². The molecule has 0 spiro atoms. The fourth-order valence-corrected chi connectivity index (χ4v) is 4.26. The second-order valence-corrected chi connectivity index (χ2v) is 7.39. The van der Waals surface area contributed by atoms with E-state index in [-0.39, 0.29) is 6.10 Å². The van der Waals surface area contributed by atoms with E-state index in [9.17, 15) is 0 Å². The average molecular weight is 338 g/mol. The van der Waals surface area contributed by atoms with Gasteiger partial charge in [-0.05, 0) is 30.5 Å². The lowest BCUT2D eigenvalue weighted by Gasteiger charge is -2.32. The van der Waals surface area contributed by atoms with Crippen LogP contribution < -0.4 is 5.32 Å². The Bertz CT molecular complexity index is 753. The minimum Gasteiger partial charge on any atom is -0.371 e. The molecule has 4 heteroatoms. The molecule has 0 unspecified atom stereocenters. The van der Waals surface area contributed by atoms with Gasteiger partial charge in [-0.3, -0.25) is 0 Å². The highest BCUT2D eigenvalue weighted by molar-refractivity contribution is 7.22. The fraction of sp³-hybridized carbons (Fsp3) is 0.350. The number of benzene rings is 2. The first kappa shape index (κ1) is 15.6. The Kier molecular flexibility index (Phi) is 4.76. The maximum atomic E-state index is 6.24. The Labute approximate surface area is 146 Å². The van der Waals surface area contributed by atoms with Crippen molar-refractivity contribution in [3.63, 3.8) is 0 Å². The van der Waals surface area contributed by atoms with E-state index in [1.165, 1.54) is 23.1 Å². The summed E-state index contributed by atoms with van der Waals surface area (Å²) in [5.74, 6) is 0. The van der Waals surface area contributed by atoms with Gasteiger partial charge in [-0.1, -0.05) is 66.6 Å². The largest absolute Gasteiger partial charge is 0.371 e. The average Bonchev–Trinajstić information content (AvgIpc) is 3.04. The molecule has 2 atom stereocenters. The summed E-state index contributed by atoms with van der Waals surface area (Å²) in [6.07, 6.45) is 5.03. The van der Waals surface area contributed by atoms with Gasteiger partial charge in [0.2, 0.25) is 0 Å². The number of nitrogens with zero attached hydrogens (tertiary/aromatic N) is 1. The number of anilines is 1. The molecule has 1 N–H and O–H groups in total. The predicted octanol–water partition coefficient (Wildman–Crippen LogP) is 5.24. The molecular weight excluding hydrogens is 316 g/mol. The summed E-state index contributed by atoms with van der Waals surface area (Å²) in [5, 5.41) is 4.65. The number of para-hydroxylation sites is 1. The summed E-state index contributed by atoms with van der Waals surface area (Å²) < 4.78 is 7.48. The van der Waals surface area contributed by atoms with Gasteiger partial charge in [-0.2, -0.15) is 0 Å². The molecule has 1 saturated carbocycles. The van der Waals surface area contributed by atoms with Gasteiger partial charge in [0.15, 0.2) is 5.13 Å². The standard InChI is InChI=1S/C20H22N2OS/c1-2-8-15(9-3-1)14-23-18-12-6-4-10-16(18)21-20-22-17-11-5-7-13-19(17)24-20/h1-3,5,7-9,11,13,16,18H,4,6,10,12,14H2,(H,21,22)/t16-,18-/m1/s1. The molecule has 3 aromatic rings. The highest BCUT2D eigenvalue weighted by atomic mass is 32.1. The number of hydrogen-bond acceptors (Lipinski definition) is 4. The topological polar surface area (TPSA) is 34.1 Å². The van der Waals surface area contributed by atoms with Crippen molar-refractivity contribution in [2.24, 2.45) is 0 Å². The molecule has 1 heterocycles. The van der Waals surface area contributed by atoms with Gasteiger partial charge >= 0.3 is 0 Å². The number of rotatable bonds is 5. The number of ether oxygens (including phenoxy) is 1. The molecule has 124 valence electrons. The minimum absolute atomic E-state index is 0.256. The SMILES string of the molecule is c1ccc(CO[C@@H]2CCCC[C@H]2Nc2nc3ccccc3s2)cc1.